The molecule has 0 nitrogen and oxygen atoms in total. The number of halogens is 2. The average molecular weight is 268 g/mol. The van der Waals surface area contributed by atoms with Crippen molar-refractivity contribution < 1.29 is 0 Å². The summed E-state index contributed by atoms with van der Waals surface area (Å²) in [6.45, 7) is 6.67. The third-order valence-corrected chi connectivity index (χ3v) is 1.91. The summed E-state index contributed by atoms with van der Waals surface area (Å²) < 4.78 is 0.164. The minimum Gasteiger partial charge on any atom is -0.142 e. The lowest BCUT2D eigenvalue weighted by atomic mass is 10.2. The van der Waals surface area contributed by atoms with E-state index < -0.39 is 8.07 Å². The Bertz CT molecular complexity index is 139. The second kappa shape index (κ2) is 3.85. The van der Waals surface area contributed by atoms with Crippen molar-refractivity contribution >= 4 is 43.9 Å². The molecule has 0 heterocycles. The van der Waals surface area contributed by atoms with Crippen molar-refractivity contribution in [3.63, 3.8) is 0 Å². The van der Waals surface area contributed by atoms with Crippen molar-refractivity contribution in [2.45, 2.75) is 19.6 Å². The maximum Gasteiger partial charge on any atom is 0.377 e. The minimum atomic E-state index is -1.14. The monoisotopic (exact) mass is 266 g/mol. The fraction of sp³-hybridized carbons (Fsp3) is 0.600. The van der Waals surface area contributed by atoms with Crippen LogP contribution in [0.2, 0.25) is 19.6 Å². The maximum absolute atomic E-state index is 3.29. The molecule has 0 aromatic heterocycles. The van der Waals surface area contributed by atoms with E-state index in [1.165, 1.54) is 0 Å². The van der Waals surface area contributed by atoms with Crippen LogP contribution in [0.25, 0.3) is 0 Å². The first-order valence-electron chi connectivity index (χ1n) is 2.73. The van der Waals surface area contributed by atoms with Gasteiger partial charge in [0.15, 0.2) is 0 Å². The fourth-order valence-electron chi connectivity index (χ4n) is 0.271. The van der Waals surface area contributed by atoms with Crippen molar-refractivity contribution in [3.8, 4) is 11.4 Å². The van der Waals surface area contributed by atoms with Gasteiger partial charge in [0, 0.05) is 0 Å². The highest BCUT2D eigenvalue weighted by atomic mass is 79.9. The molecule has 0 N–H and O–H groups in total. The topological polar surface area (TPSA) is 0 Å². The Morgan fingerprint density at radius 1 is 1.22 bits per heavy atom. The summed E-state index contributed by atoms with van der Waals surface area (Å²) >= 11 is 6.58. The summed E-state index contributed by atoms with van der Waals surface area (Å²) in [6.07, 6.45) is 0. The van der Waals surface area contributed by atoms with Gasteiger partial charge in [0.2, 0.25) is 0 Å². The molecular formula is C5H9BBr2Si. The number of hydrogen-bond donors (Lipinski definition) is 0. The van der Waals surface area contributed by atoms with E-state index in [9.17, 15) is 0 Å². The molecule has 0 aliphatic carbocycles. The molecule has 9 heavy (non-hydrogen) atoms. The molecule has 0 saturated carbocycles. The first-order valence-corrected chi connectivity index (χ1v) is 8.06. The summed E-state index contributed by atoms with van der Waals surface area (Å²) in [6, 6.07) is 0. The van der Waals surface area contributed by atoms with Gasteiger partial charge in [-0.3, -0.25) is 0 Å². The first-order chi connectivity index (χ1) is 3.92. The predicted octanol–water partition coefficient (Wildman–Crippen LogP) is 2.68. The summed E-state index contributed by atoms with van der Waals surface area (Å²) in [5, 5.41) is 0. The van der Waals surface area contributed by atoms with Gasteiger partial charge in [0.25, 0.3) is 0 Å². The van der Waals surface area contributed by atoms with Crippen molar-refractivity contribution in [2.75, 3.05) is 0 Å². The van der Waals surface area contributed by atoms with E-state index in [1.807, 2.05) is 0 Å². The Morgan fingerprint density at radius 2 is 1.67 bits per heavy atom. The van der Waals surface area contributed by atoms with E-state index in [-0.39, 0.29) is 4.36 Å². The SMILES string of the molecule is C[Si](C)(C)C#CB(Br)Br. The molecule has 0 aromatic rings. The Morgan fingerprint density at radius 3 is 1.78 bits per heavy atom. The van der Waals surface area contributed by atoms with Crippen LogP contribution in [0.1, 0.15) is 0 Å². The molecule has 0 aliphatic heterocycles. The van der Waals surface area contributed by atoms with Crippen LogP contribution in [0.5, 0.6) is 0 Å². The fourth-order valence-corrected chi connectivity index (χ4v) is 1.50. The highest BCUT2D eigenvalue weighted by Crippen LogP contribution is 2.02. The first kappa shape index (κ1) is 9.80. The van der Waals surface area contributed by atoms with Crippen LogP contribution in [0.4, 0.5) is 0 Å². The van der Waals surface area contributed by atoms with Gasteiger partial charge in [-0.1, -0.05) is 19.6 Å². The van der Waals surface area contributed by atoms with Crippen LogP contribution in [-0.4, -0.2) is 12.4 Å². The number of hydrogen-bond acceptors (Lipinski definition) is 0. The Labute approximate surface area is 74.8 Å². The summed E-state index contributed by atoms with van der Waals surface area (Å²) in [4.78, 5) is 0. The van der Waals surface area contributed by atoms with E-state index in [0.29, 0.717) is 0 Å². The molecule has 0 radical (unpaired) electrons. The van der Waals surface area contributed by atoms with Crippen molar-refractivity contribution in [2.24, 2.45) is 0 Å². The van der Waals surface area contributed by atoms with E-state index >= 15 is 0 Å². The van der Waals surface area contributed by atoms with Crippen molar-refractivity contribution in [3.05, 3.63) is 0 Å². The molecule has 0 spiro atoms. The van der Waals surface area contributed by atoms with Crippen LogP contribution in [0.3, 0.4) is 0 Å². The molecule has 0 amide bonds. The van der Waals surface area contributed by atoms with Crippen LogP contribution in [0.15, 0.2) is 0 Å². The second-order valence-corrected chi connectivity index (χ2v) is 10.6. The van der Waals surface area contributed by atoms with Gasteiger partial charge in [-0.2, -0.15) is 0 Å². The average Bonchev–Trinajstić information content (AvgIpc) is 1.59. The van der Waals surface area contributed by atoms with E-state index in [4.69, 9.17) is 0 Å². The molecule has 50 valence electrons. The zero-order chi connectivity index (χ0) is 7.49. The molecule has 0 atom stereocenters. The quantitative estimate of drug-likeness (QED) is 0.468. The Kier molecular flexibility index (Phi) is 4.19. The lowest BCUT2D eigenvalue weighted by Gasteiger charge is -2.02. The molecule has 0 unspecified atom stereocenters. The smallest absolute Gasteiger partial charge is 0.142 e. The van der Waals surface area contributed by atoms with Crippen LogP contribution >= 0.6 is 31.5 Å². The van der Waals surface area contributed by atoms with Gasteiger partial charge in [0.1, 0.15) is 8.07 Å². The molecule has 0 bridgehead atoms. The summed E-state index contributed by atoms with van der Waals surface area (Å²) in [5.74, 6) is 3.03. The second-order valence-electron chi connectivity index (χ2n) is 2.82. The molecule has 0 saturated heterocycles. The number of rotatable bonds is 0. The molecule has 0 aliphatic rings. The van der Waals surface area contributed by atoms with Crippen molar-refractivity contribution in [1.29, 1.82) is 0 Å². The van der Waals surface area contributed by atoms with E-state index in [2.05, 4.69) is 62.5 Å². The lowest BCUT2D eigenvalue weighted by Crippen LogP contribution is -2.16. The largest absolute Gasteiger partial charge is 0.377 e. The standard InChI is InChI=1S/C5H9BBr2Si/c1-9(2,3)5-4-6(7)8/h1-3H3. The highest BCUT2D eigenvalue weighted by molar-refractivity contribution is 9.49. The minimum absolute atomic E-state index is 0.164. The van der Waals surface area contributed by atoms with Gasteiger partial charge in [0.05, 0.1) is 0 Å². The van der Waals surface area contributed by atoms with Gasteiger partial charge in [-0.25, -0.2) is 0 Å². The van der Waals surface area contributed by atoms with Gasteiger partial charge in [-0.05, 0) is 0 Å². The van der Waals surface area contributed by atoms with Gasteiger partial charge in [-0.15, -0.1) is 42.9 Å². The van der Waals surface area contributed by atoms with E-state index in [0.717, 1.165) is 0 Å². The zero-order valence-corrected chi connectivity index (χ0v) is 10.0. The summed E-state index contributed by atoms with van der Waals surface area (Å²) in [7, 11) is -1.14. The van der Waals surface area contributed by atoms with Crippen molar-refractivity contribution in [1.82, 2.24) is 0 Å². The molecule has 0 fully saturated rings. The van der Waals surface area contributed by atoms with E-state index in [1.54, 1.807) is 0 Å². The normalized spacial score (nSPS) is 9.89. The van der Waals surface area contributed by atoms with Crippen LogP contribution in [0, 0.1) is 11.4 Å². The third-order valence-electron chi connectivity index (χ3n) is 0.556. The highest BCUT2D eigenvalue weighted by Gasteiger charge is 2.08. The molecular weight excluding hydrogens is 259 g/mol. The van der Waals surface area contributed by atoms with Crippen LogP contribution in [-0.2, 0) is 0 Å². The molecule has 0 aromatic carbocycles. The van der Waals surface area contributed by atoms with Crippen LogP contribution < -0.4 is 0 Å². The summed E-state index contributed by atoms with van der Waals surface area (Å²) in [5.41, 5.74) is 3.22. The maximum atomic E-state index is 3.29. The van der Waals surface area contributed by atoms with Gasteiger partial charge < -0.3 is 0 Å². The predicted molar refractivity (Wildman–Crippen MR) is 54.7 cm³/mol. The third kappa shape index (κ3) is 8.80. The van der Waals surface area contributed by atoms with Gasteiger partial charge >= 0.3 is 4.36 Å². The molecule has 0 rings (SSSR count). The molecule has 4 heteroatoms. The Hall–Kier alpha value is 0.802. The zero-order valence-electron chi connectivity index (χ0n) is 5.83. The Balaban J connectivity index is 3.88. The lowest BCUT2D eigenvalue weighted by molar-refractivity contribution is 1.82.